The minimum Gasteiger partial charge on any atom is -0.493 e. The number of aromatic nitrogens is 1. The molecule has 1 aliphatic heterocycles. The van der Waals surface area contributed by atoms with Crippen LogP contribution in [0.1, 0.15) is 49.0 Å². The van der Waals surface area contributed by atoms with E-state index in [9.17, 15) is 14.4 Å². The topological polar surface area (TPSA) is 131 Å². The highest BCUT2D eigenvalue weighted by Gasteiger charge is 2.52. The average Bonchev–Trinajstić information content (AvgIpc) is 3.67. The van der Waals surface area contributed by atoms with Crippen LogP contribution in [0.4, 0.5) is 0 Å². The van der Waals surface area contributed by atoms with Crippen molar-refractivity contribution in [3.05, 3.63) is 41.7 Å². The number of fused-ring (bicyclic) bond motifs is 5. The minimum atomic E-state index is -1.03. The van der Waals surface area contributed by atoms with Crippen LogP contribution >= 0.6 is 0 Å². The van der Waals surface area contributed by atoms with E-state index < -0.39 is 17.5 Å². The molecule has 4 bridgehead atoms. The second-order valence-corrected chi connectivity index (χ2v) is 10.0. The SMILES string of the molecule is COc1cc2cc(c1OC)-c1cncc(c1)C(=O)NC1(CC1)C(=O)N[C@H](CC(C)C)C(=O)NCCNC2. The Bertz CT molecular complexity index is 1180. The molecule has 1 aromatic carbocycles. The molecule has 1 fully saturated rings. The van der Waals surface area contributed by atoms with Gasteiger partial charge in [0.15, 0.2) is 11.5 Å². The molecule has 4 N–H and O–H groups in total. The van der Waals surface area contributed by atoms with E-state index >= 15 is 0 Å². The predicted octanol–water partition coefficient (Wildman–Crippen LogP) is 1.78. The van der Waals surface area contributed by atoms with Gasteiger partial charge in [0.1, 0.15) is 11.6 Å². The summed E-state index contributed by atoms with van der Waals surface area (Å²) in [4.78, 5) is 43.6. The first-order valence-corrected chi connectivity index (χ1v) is 12.6. The van der Waals surface area contributed by atoms with Crippen molar-refractivity contribution >= 4 is 17.7 Å². The number of rotatable bonds is 4. The third-order valence-corrected chi connectivity index (χ3v) is 6.65. The monoisotopic (exact) mass is 509 g/mol. The fourth-order valence-electron chi connectivity index (χ4n) is 4.50. The molecule has 1 atom stereocenters. The maximum atomic E-state index is 13.2. The van der Waals surface area contributed by atoms with Crippen molar-refractivity contribution in [3.63, 3.8) is 0 Å². The van der Waals surface area contributed by atoms with Gasteiger partial charge in [-0.05, 0) is 48.9 Å². The smallest absolute Gasteiger partial charge is 0.253 e. The first kappa shape index (κ1) is 26.4. The predicted molar refractivity (Wildman–Crippen MR) is 138 cm³/mol. The van der Waals surface area contributed by atoms with Crippen LogP contribution in [0.15, 0.2) is 30.6 Å². The van der Waals surface area contributed by atoms with Gasteiger partial charge >= 0.3 is 0 Å². The summed E-state index contributed by atoms with van der Waals surface area (Å²) in [5, 5.41) is 12.0. The number of hydrogen-bond acceptors (Lipinski definition) is 7. The first-order chi connectivity index (χ1) is 17.8. The standard InChI is InChI=1S/C27H35N5O5/c1-16(2)9-21-25(34)30-8-7-28-13-17-10-20(23(37-4)22(11-17)36-3)18-12-19(15-29-14-18)24(33)32-27(5-6-27)26(35)31-21/h10-12,14-16,21,28H,5-9,13H2,1-4H3,(H,30,34)(H,31,35)(H,32,33)/t21-/m1/s1. The Morgan fingerprint density at radius 1 is 1.03 bits per heavy atom. The van der Waals surface area contributed by atoms with Crippen molar-refractivity contribution in [2.45, 2.75) is 51.2 Å². The average molecular weight is 510 g/mol. The molecule has 37 heavy (non-hydrogen) atoms. The van der Waals surface area contributed by atoms with E-state index in [1.54, 1.807) is 26.5 Å². The number of nitrogens with zero attached hydrogens (tertiary/aromatic N) is 1. The largest absolute Gasteiger partial charge is 0.493 e. The van der Waals surface area contributed by atoms with E-state index in [1.807, 2.05) is 26.0 Å². The van der Waals surface area contributed by atoms with Gasteiger partial charge in [0, 0.05) is 43.2 Å². The molecule has 2 aliphatic rings. The Kier molecular flexibility index (Phi) is 7.97. The zero-order valence-electron chi connectivity index (χ0n) is 21.8. The van der Waals surface area contributed by atoms with E-state index in [0.717, 1.165) is 11.1 Å². The molecule has 2 aromatic rings. The summed E-state index contributed by atoms with van der Waals surface area (Å²) in [5.41, 5.74) is 1.64. The number of nitrogens with one attached hydrogen (secondary N) is 4. The number of ether oxygens (including phenoxy) is 2. The van der Waals surface area contributed by atoms with Gasteiger partial charge in [-0.15, -0.1) is 0 Å². The Hall–Kier alpha value is -3.66. The minimum absolute atomic E-state index is 0.199. The van der Waals surface area contributed by atoms with Crippen LogP contribution in [-0.2, 0) is 16.1 Å². The molecule has 4 rings (SSSR count). The van der Waals surface area contributed by atoms with Crippen LogP contribution in [-0.4, -0.2) is 61.6 Å². The molecule has 0 saturated heterocycles. The van der Waals surface area contributed by atoms with Crippen molar-refractivity contribution in [1.82, 2.24) is 26.3 Å². The van der Waals surface area contributed by atoms with E-state index in [0.29, 0.717) is 61.5 Å². The number of methoxy groups -OCH3 is 2. The lowest BCUT2D eigenvalue weighted by molar-refractivity contribution is -0.130. The molecule has 1 spiro atoms. The Balaban J connectivity index is 1.71. The number of benzene rings is 1. The fraction of sp³-hybridized carbons (Fsp3) is 0.481. The summed E-state index contributed by atoms with van der Waals surface area (Å²) in [6.07, 6.45) is 4.63. The molecule has 10 heteroatoms. The molecular weight excluding hydrogens is 474 g/mol. The van der Waals surface area contributed by atoms with E-state index in [2.05, 4.69) is 26.3 Å². The summed E-state index contributed by atoms with van der Waals surface area (Å²) < 4.78 is 11.2. The van der Waals surface area contributed by atoms with Crippen LogP contribution < -0.4 is 30.7 Å². The molecule has 1 aromatic heterocycles. The van der Waals surface area contributed by atoms with E-state index in [1.165, 1.54) is 6.20 Å². The van der Waals surface area contributed by atoms with Crippen LogP contribution in [0.5, 0.6) is 11.5 Å². The van der Waals surface area contributed by atoms with Crippen molar-refractivity contribution < 1.29 is 23.9 Å². The van der Waals surface area contributed by atoms with Gasteiger partial charge in [-0.25, -0.2) is 0 Å². The lowest BCUT2D eigenvalue weighted by Crippen LogP contribution is -2.55. The molecule has 1 aliphatic carbocycles. The molecule has 0 unspecified atom stereocenters. The third-order valence-electron chi connectivity index (χ3n) is 6.65. The maximum Gasteiger partial charge on any atom is 0.253 e. The van der Waals surface area contributed by atoms with Gasteiger partial charge in [-0.2, -0.15) is 0 Å². The van der Waals surface area contributed by atoms with Crippen LogP contribution in [0.3, 0.4) is 0 Å². The highest BCUT2D eigenvalue weighted by molar-refractivity contribution is 6.02. The van der Waals surface area contributed by atoms with Gasteiger partial charge in [0.05, 0.1) is 19.8 Å². The Morgan fingerprint density at radius 3 is 2.46 bits per heavy atom. The van der Waals surface area contributed by atoms with Crippen molar-refractivity contribution in [1.29, 1.82) is 0 Å². The Labute approximate surface area is 216 Å². The van der Waals surface area contributed by atoms with Gasteiger partial charge in [-0.1, -0.05) is 13.8 Å². The number of amides is 3. The van der Waals surface area contributed by atoms with Gasteiger partial charge < -0.3 is 30.7 Å². The van der Waals surface area contributed by atoms with Gasteiger partial charge in [0.25, 0.3) is 5.91 Å². The molecule has 3 amide bonds. The summed E-state index contributed by atoms with van der Waals surface area (Å²) in [5.74, 6) is 0.295. The molecule has 2 heterocycles. The maximum absolute atomic E-state index is 13.2. The summed E-state index contributed by atoms with van der Waals surface area (Å²) in [7, 11) is 3.13. The normalized spacial score (nSPS) is 19.8. The van der Waals surface area contributed by atoms with Gasteiger partial charge in [0.2, 0.25) is 11.8 Å². The van der Waals surface area contributed by atoms with E-state index in [4.69, 9.17) is 9.47 Å². The number of hydrogen-bond donors (Lipinski definition) is 4. The Morgan fingerprint density at radius 2 is 1.78 bits per heavy atom. The second kappa shape index (κ2) is 11.2. The first-order valence-electron chi connectivity index (χ1n) is 12.6. The summed E-state index contributed by atoms with van der Waals surface area (Å²) >= 11 is 0. The number of pyridine rings is 1. The van der Waals surface area contributed by atoms with Gasteiger partial charge in [-0.3, -0.25) is 19.4 Å². The van der Waals surface area contributed by atoms with Crippen molar-refractivity contribution in [3.8, 4) is 22.6 Å². The number of carbonyl (C=O) groups is 3. The number of carbonyl (C=O) groups excluding carboxylic acids is 3. The van der Waals surface area contributed by atoms with Crippen molar-refractivity contribution in [2.24, 2.45) is 5.92 Å². The van der Waals surface area contributed by atoms with Crippen LogP contribution in [0, 0.1) is 5.92 Å². The van der Waals surface area contributed by atoms with Crippen LogP contribution in [0.2, 0.25) is 0 Å². The molecule has 1 saturated carbocycles. The summed E-state index contributed by atoms with van der Waals surface area (Å²) in [6.45, 7) is 5.45. The van der Waals surface area contributed by atoms with Crippen LogP contribution in [0.25, 0.3) is 11.1 Å². The third kappa shape index (κ3) is 6.02. The molecule has 198 valence electrons. The molecule has 10 nitrogen and oxygen atoms in total. The highest BCUT2D eigenvalue weighted by Crippen LogP contribution is 2.40. The zero-order chi connectivity index (χ0) is 26.6. The quantitative estimate of drug-likeness (QED) is 0.494. The lowest BCUT2D eigenvalue weighted by atomic mass is 10.0. The summed E-state index contributed by atoms with van der Waals surface area (Å²) in [6, 6.07) is 4.90. The second-order valence-electron chi connectivity index (χ2n) is 10.0. The zero-order valence-corrected chi connectivity index (χ0v) is 21.8. The lowest BCUT2D eigenvalue weighted by Gasteiger charge is -2.24. The van der Waals surface area contributed by atoms with Crippen molar-refractivity contribution in [2.75, 3.05) is 27.3 Å². The highest BCUT2D eigenvalue weighted by atomic mass is 16.5. The molecular formula is C27H35N5O5. The molecule has 0 radical (unpaired) electrons. The fourth-order valence-corrected chi connectivity index (χ4v) is 4.50. The van der Waals surface area contributed by atoms with E-state index in [-0.39, 0.29) is 17.7 Å².